The highest BCUT2D eigenvalue weighted by molar-refractivity contribution is 5.44. The minimum atomic E-state index is -0.763. The first-order valence-electron chi connectivity index (χ1n) is 6.61. The zero-order valence-electron chi connectivity index (χ0n) is 11.1. The van der Waals surface area contributed by atoms with Crippen molar-refractivity contribution in [2.45, 2.75) is 25.2 Å². The minimum absolute atomic E-state index is 0.0616. The van der Waals surface area contributed by atoms with Crippen LogP contribution in [0.3, 0.4) is 0 Å². The van der Waals surface area contributed by atoms with Gasteiger partial charge in [-0.05, 0) is 25.1 Å². The third kappa shape index (κ3) is 2.54. The van der Waals surface area contributed by atoms with Gasteiger partial charge in [-0.2, -0.15) is 0 Å². The Morgan fingerprint density at radius 1 is 1.11 bits per heavy atom. The molecule has 1 fully saturated rings. The van der Waals surface area contributed by atoms with E-state index < -0.39 is 5.79 Å². The summed E-state index contributed by atoms with van der Waals surface area (Å²) in [6, 6.07) is 5.72. The van der Waals surface area contributed by atoms with Crippen molar-refractivity contribution < 1.29 is 18.9 Å². The number of nitrogens with two attached hydrogens (primary N) is 1. The summed E-state index contributed by atoms with van der Waals surface area (Å²) in [7, 11) is 0. The largest absolute Gasteiger partial charge is 0.490 e. The van der Waals surface area contributed by atoms with Crippen LogP contribution in [0.25, 0.3) is 0 Å². The highest BCUT2D eigenvalue weighted by Crippen LogP contribution is 2.37. The van der Waals surface area contributed by atoms with Crippen LogP contribution in [0.2, 0.25) is 0 Å². The van der Waals surface area contributed by atoms with E-state index in [0.29, 0.717) is 26.4 Å². The molecule has 1 saturated heterocycles. The highest BCUT2D eigenvalue weighted by Gasteiger charge is 2.34. The Morgan fingerprint density at radius 3 is 2.53 bits per heavy atom. The molecular weight excluding hydrogens is 246 g/mol. The smallest absolute Gasteiger partial charge is 0.192 e. The second-order valence-corrected chi connectivity index (χ2v) is 5.04. The van der Waals surface area contributed by atoms with Crippen LogP contribution in [0.5, 0.6) is 11.5 Å². The molecule has 0 saturated carbocycles. The van der Waals surface area contributed by atoms with Gasteiger partial charge in [-0.15, -0.1) is 0 Å². The van der Waals surface area contributed by atoms with Crippen molar-refractivity contribution in [2.24, 2.45) is 5.73 Å². The summed E-state index contributed by atoms with van der Waals surface area (Å²) in [5.41, 5.74) is 6.69. The Kier molecular flexibility index (Phi) is 3.35. The van der Waals surface area contributed by atoms with Gasteiger partial charge in [0.2, 0.25) is 0 Å². The van der Waals surface area contributed by atoms with E-state index in [1.54, 1.807) is 0 Å². The van der Waals surface area contributed by atoms with Gasteiger partial charge in [-0.3, -0.25) is 0 Å². The van der Waals surface area contributed by atoms with Crippen molar-refractivity contribution in [3.05, 3.63) is 23.8 Å². The Balaban J connectivity index is 1.87. The van der Waals surface area contributed by atoms with E-state index in [1.807, 2.05) is 25.1 Å². The average molecular weight is 265 g/mol. The molecule has 3 rings (SSSR count). The fourth-order valence-corrected chi connectivity index (χ4v) is 2.23. The van der Waals surface area contributed by atoms with Crippen LogP contribution in [0.1, 0.15) is 18.9 Å². The van der Waals surface area contributed by atoms with E-state index in [4.69, 9.17) is 24.7 Å². The SMILES string of the molecule is CC1(c2ccc3c(c2)OCCCO3)OCC(N)CO1. The first kappa shape index (κ1) is 12.7. The van der Waals surface area contributed by atoms with Crippen LogP contribution < -0.4 is 15.2 Å². The number of ether oxygens (including phenoxy) is 4. The molecule has 0 amide bonds. The maximum absolute atomic E-state index is 5.77. The van der Waals surface area contributed by atoms with E-state index in [0.717, 1.165) is 23.5 Å². The lowest BCUT2D eigenvalue weighted by Crippen LogP contribution is -2.46. The quantitative estimate of drug-likeness (QED) is 0.831. The van der Waals surface area contributed by atoms with Gasteiger partial charge in [0.05, 0.1) is 32.5 Å². The van der Waals surface area contributed by atoms with E-state index in [1.165, 1.54) is 0 Å². The van der Waals surface area contributed by atoms with Gasteiger partial charge in [-0.1, -0.05) is 0 Å². The highest BCUT2D eigenvalue weighted by atomic mass is 16.7. The van der Waals surface area contributed by atoms with Crippen LogP contribution in [-0.4, -0.2) is 32.5 Å². The molecule has 0 spiro atoms. The molecule has 1 aromatic rings. The average Bonchev–Trinajstić information content (AvgIpc) is 2.66. The molecule has 2 aliphatic rings. The maximum atomic E-state index is 5.77. The summed E-state index contributed by atoms with van der Waals surface area (Å²) in [6.45, 7) is 4.24. The van der Waals surface area contributed by atoms with E-state index >= 15 is 0 Å². The van der Waals surface area contributed by atoms with Crippen molar-refractivity contribution in [3.8, 4) is 11.5 Å². The van der Waals surface area contributed by atoms with Gasteiger partial charge in [0, 0.05) is 12.0 Å². The number of hydrogen-bond acceptors (Lipinski definition) is 5. The fourth-order valence-electron chi connectivity index (χ4n) is 2.23. The topological polar surface area (TPSA) is 62.9 Å². The summed E-state index contributed by atoms with van der Waals surface area (Å²) in [5, 5.41) is 0. The predicted octanol–water partition coefficient (Wildman–Crippen LogP) is 1.39. The molecule has 104 valence electrons. The zero-order valence-corrected chi connectivity index (χ0v) is 11.1. The molecule has 0 radical (unpaired) electrons. The molecule has 2 heterocycles. The van der Waals surface area contributed by atoms with Crippen LogP contribution in [-0.2, 0) is 15.3 Å². The molecule has 5 nitrogen and oxygen atoms in total. The van der Waals surface area contributed by atoms with Gasteiger partial charge < -0.3 is 24.7 Å². The molecule has 1 aromatic carbocycles. The van der Waals surface area contributed by atoms with Crippen molar-refractivity contribution in [3.63, 3.8) is 0 Å². The summed E-state index contributed by atoms with van der Waals surface area (Å²) in [5.74, 6) is 0.760. The molecule has 2 aliphatic heterocycles. The number of fused-ring (bicyclic) bond motifs is 1. The van der Waals surface area contributed by atoms with Gasteiger partial charge >= 0.3 is 0 Å². The fraction of sp³-hybridized carbons (Fsp3) is 0.571. The summed E-state index contributed by atoms with van der Waals surface area (Å²) >= 11 is 0. The van der Waals surface area contributed by atoms with E-state index in [-0.39, 0.29) is 6.04 Å². The maximum Gasteiger partial charge on any atom is 0.192 e. The molecule has 0 aliphatic carbocycles. The summed E-state index contributed by atoms with van der Waals surface area (Å²) < 4.78 is 22.8. The van der Waals surface area contributed by atoms with Crippen LogP contribution in [0.15, 0.2) is 18.2 Å². The lowest BCUT2D eigenvalue weighted by molar-refractivity contribution is -0.270. The number of hydrogen-bond donors (Lipinski definition) is 1. The molecule has 19 heavy (non-hydrogen) atoms. The van der Waals surface area contributed by atoms with E-state index in [9.17, 15) is 0 Å². The summed E-state index contributed by atoms with van der Waals surface area (Å²) in [4.78, 5) is 0. The first-order chi connectivity index (χ1) is 9.17. The standard InChI is InChI=1S/C14H19NO4/c1-14(18-8-11(15)9-19-14)10-3-4-12-13(7-10)17-6-2-5-16-12/h3-4,7,11H,2,5-6,8-9,15H2,1H3. The van der Waals surface area contributed by atoms with Crippen molar-refractivity contribution in [1.29, 1.82) is 0 Å². The Bertz CT molecular complexity index is 455. The lowest BCUT2D eigenvalue weighted by atomic mass is 10.1. The van der Waals surface area contributed by atoms with Gasteiger partial charge in [0.15, 0.2) is 17.3 Å². The minimum Gasteiger partial charge on any atom is -0.490 e. The monoisotopic (exact) mass is 265 g/mol. The molecule has 0 bridgehead atoms. The van der Waals surface area contributed by atoms with E-state index in [2.05, 4.69) is 0 Å². The molecule has 2 N–H and O–H groups in total. The predicted molar refractivity (Wildman–Crippen MR) is 69.3 cm³/mol. The first-order valence-corrected chi connectivity index (χ1v) is 6.61. The van der Waals surface area contributed by atoms with Crippen LogP contribution >= 0.6 is 0 Å². The van der Waals surface area contributed by atoms with Crippen molar-refractivity contribution in [2.75, 3.05) is 26.4 Å². The normalized spacial score (nSPS) is 30.7. The van der Waals surface area contributed by atoms with Crippen LogP contribution in [0.4, 0.5) is 0 Å². The zero-order chi connectivity index (χ0) is 13.3. The number of benzene rings is 1. The van der Waals surface area contributed by atoms with Crippen molar-refractivity contribution >= 4 is 0 Å². The molecule has 0 unspecified atom stereocenters. The second kappa shape index (κ2) is 5.00. The van der Waals surface area contributed by atoms with Crippen molar-refractivity contribution in [1.82, 2.24) is 0 Å². The summed E-state index contributed by atoms with van der Waals surface area (Å²) in [6.07, 6.45) is 0.892. The molecular formula is C14H19NO4. The molecule has 5 heteroatoms. The second-order valence-electron chi connectivity index (χ2n) is 5.04. The van der Waals surface area contributed by atoms with Crippen LogP contribution in [0, 0.1) is 0 Å². The Morgan fingerprint density at radius 2 is 1.79 bits per heavy atom. The number of rotatable bonds is 1. The lowest BCUT2D eigenvalue weighted by Gasteiger charge is -2.37. The van der Waals surface area contributed by atoms with Gasteiger partial charge in [0.25, 0.3) is 0 Å². The molecule has 0 aromatic heterocycles. The third-order valence-corrected chi connectivity index (χ3v) is 3.42. The Labute approximate surface area is 112 Å². The van der Waals surface area contributed by atoms with Gasteiger partial charge in [0.1, 0.15) is 0 Å². The Hall–Kier alpha value is -1.30. The molecule has 0 atom stereocenters. The third-order valence-electron chi connectivity index (χ3n) is 3.42. The van der Waals surface area contributed by atoms with Gasteiger partial charge in [-0.25, -0.2) is 0 Å².